The summed E-state index contributed by atoms with van der Waals surface area (Å²) in [6, 6.07) is 6.86. The summed E-state index contributed by atoms with van der Waals surface area (Å²) in [5, 5.41) is 0. The molecule has 80 valence electrons. The van der Waals surface area contributed by atoms with Gasteiger partial charge in [-0.2, -0.15) is 0 Å². The second kappa shape index (κ2) is 5.20. The highest BCUT2D eigenvalue weighted by atomic mass is 16.5. The summed E-state index contributed by atoms with van der Waals surface area (Å²) in [7, 11) is 0. The average Bonchev–Trinajstić information content (AvgIpc) is 2.26. The van der Waals surface area contributed by atoms with Crippen molar-refractivity contribution < 1.29 is 9.53 Å². The first kappa shape index (κ1) is 11.3. The zero-order valence-corrected chi connectivity index (χ0v) is 8.99. The molecular weight excluding hydrogens is 190 g/mol. The van der Waals surface area contributed by atoms with Crippen molar-refractivity contribution in [3.8, 4) is 5.75 Å². The Morgan fingerprint density at radius 3 is 2.87 bits per heavy atom. The van der Waals surface area contributed by atoms with Crippen molar-refractivity contribution in [2.24, 2.45) is 5.73 Å². The van der Waals surface area contributed by atoms with E-state index in [9.17, 15) is 4.79 Å². The van der Waals surface area contributed by atoms with Crippen molar-refractivity contribution in [2.75, 3.05) is 6.61 Å². The molecule has 3 heteroatoms. The normalized spacial score (nSPS) is 11.2. The van der Waals surface area contributed by atoms with Gasteiger partial charge in [0.05, 0.1) is 0 Å². The molecule has 3 nitrogen and oxygen atoms in total. The second-order valence-electron chi connectivity index (χ2n) is 3.32. The number of hydrogen-bond acceptors (Lipinski definition) is 2. The van der Waals surface area contributed by atoms with Gasteiger partial charge in [-0.25, -0.2) is 0 Å². The molecular formula is C12H15NO2. The Bertz CT molecular complexity index is 383. The maximum absolute atomic E-state index is 10.9. The number of rotatable bonds is 4. The number of hydrogen-bond donors (Lipinski definition) is 1. The number of primary amides is 1. The van der Waals surface area contributed by atoms with Gasteiger partial charge >= 0.3 is 0 Å². The van der Waals surface area contributed by atoms with E-state index in [0.29, 0.717) is 17.9 Å². The van der Waals surface area contributed by atoms with Crippen LogP contribution in [0.1, 0.15) is 24.2 Å². The molecule has 1 amide bonds. The van der Waals surface area contributed by atoms with Crippen LogP contribution in [0.3, 0.4) is 0 Å². The van der Waals surface area contributed by atoms with Gasteiger partial charge in [-0.3, -0.25) is 4.79 Å². The SMILES string of the molecule is C/C=C(\C)COc1cccc(C(N)=O)c1. The molecule has 0 fully saturated rings. The number of carbonyl (C=O) groups is 1. The van der Waals surface area contributed by atoms with Crippen LogP contribution < -0.4 is 10.5 Å². The number of ether oxygens (including phenoxy) is 1. The molecule has 2 N–H and O–H groups in total. The number of carbonyl (C=O) groups excluding carboxylic acids is 1. The lowest BCUT2D eigenvalue weighted by atomic mass is 10.2. The molecule has 0 radical (unpaired) electrons. The quantitative estimate of drug-likeness (QED) is 0.765. The van der Waals surface area contributed by atoms with Gasteiger partial charge < -0.3 is 10.5 Å². The smallest absolute Gasteiger partial charge is 0.248 e. The molecule has 0 bridgehead atoms. The van der Waals surface area contributed by atoms with Crippen LogP contribution in [0.5, 0.6) is 5.75 Å². The molecule has 0 aliphatic carbocycles. The summed E-state index contributed by atoms with van der Waals surface area (Å²) >= 11 is 0. The highest BCUT2D eigenvalue weighted by Crippen LogP contribution is 2.13. The molecule has 0 aliphatic rings. The van der Waals surface area contributed by atoms with Gasteiger partial charge in [0.1, 0.15) is 12.4 Å². The van der Waals surface area contributed by atoms with Gasteiger partial charge in [-0.05, 0) is 37.6 Å². The fraction of sp³-hybridized carbons (Fsp3) is 0.250. The van der Waals surface area contributed by atoms with Gasteiger partial charge in [0.25, 0.3) is 0 Å². The van der Waals surface area contributed by atoms with Gasteiger partial charge in [0.15, 0.2) is 0 Å². The fourth-order valence-corrected chi connectivity index (χ4v) is 1.02. The first-order chi connectivity index (χ1) is 7.13. The molecule has 0 heterocycles. The number of nitrogens with two attached hydrogens (primary N) is 1. The van der Waals surface area contributed by atoms with Crippen LogP contribution in [-0.4, -0.2) is 12.5 Å². The standard InChI is InChI=1S/C12H15NO2/c1-3-9(2)8-15-11-6-4-5-10(7-11)12(13)14/h3-7H,8H2,1-2H3,(H2,13,14)/b9-3+. The van der Waals surface area contributed by atoms with Crippen molar-refractivity contribution in [1.29, 1.82) is 0 Å². The van der Waals surface area contributed by atoms with E-state index < -0.39 is 5.91 Å². The lowest BCUT2D eigenvalue weighted by Gasteiger charge is -2.06. The van der Waals surface area contributed by atoms with E-state index in [1.165, 1.54) is 0 Å². The molecule has 1 aromatic rings. The van der Waals surface area contributed by atoms with Crippen molar-refractivity contribution in [1.82, 2.24) is 0 Å². The third-order valence-corrected chi connectivity index (χ3v) is 2.08. The van der Waals surface area contributed by atoms with Crippen molar-refractivity contribution in [2.45, 2.75) is 13.8 Å². The summed E-state index contributed by atoms with van der Waals surface area (Å²) in [5.74, 6) is 0.218. The minimum atomic E-state index is -0.441. The largest absolute Gasteiger partial charge is 0.489 e. The van der Waals surface area contributed by atoms with E-state index in [4.69, 9.17) is 10.5 Å². The minimum Gasteiger partial charge on any atom is -0.489 e. The Balaban J connectivity index is 2.70. The highest BCUT2D eigenvalue weighted by molar-refractivity contribution is 5.93. The summed E-state index contributed by atoms with van der Waals surface area (Å²) in [5.41, 5.74) is 6.76. The lowest BCUT2D eigenvalue weighted by molar-refractivity contribution is 0.1000. The first-order valence-electron chi connectivity index (χ1n) is 4.78. The number of benzene rings is 1. The molecule has 0 unspecified atom stereocenters. The zero-order chi connectivity index (χ0) is 11.3. The summed E-state index contributed by atoms with van der Waals surface area (Å²) in [6.07, 6.45) is 1.98. The van der Waals surface area contributed by atoms with Crippen LogP contribution in [0.2, 0.25) is 0 Å². The molecule has 0 aromatic heterocycles. The van der Waals surface area contributed by atoms with E-state index in [0.717, 1.165) is 5.57 Å². The zero-order valence-electron chi connectivity index (χ0n) is 8.99. The minimum absolute atomic E-state index is 0.441. The summed E-state index contributed by atoms with van der Waals surface area (Å²) in [4.78, 5) is 10.9. The van der Waals surface area contributed by atoms with Crippen molar-refractivity contribution in [3.63, 3.8) is 0 Å². The lowest BCUT2D eigenvalue weighted by Crippen LogP contribution is -2.10. The van der Waals surface area contributed by atoms with Gasteiger partial charge in [0, 0.05) is 5.56 Å². The van der Waals surface area contributed by atoms with Crippen molar-refractivity contribution >= 4 is 5.91 Å². The van der Waals surface area contributed by atoms with Gasteiger partial charge in [0.2, 0.25) is 5.91 Å². The van der Waals surface area contributed by atoms with E-state index in [2.05, 4.69) is 0 Å². The van der Waals surface area contributed by atoms with Crippen LogP contribution in [0.15, 0.2) is 35.9 Å². The van der Waals surface area contributed by atoms with E-state index >= 15 is 0 Å². The number of allylic oxidation sites excluding steroid dienone is 1. The van der Waals surface area contributed by atoms with E-state index in [1.807, 2.05) is 19.9 Å². The van der Waals surface area contributed by atoms with Crippen LogP contribution in [0.25, 0.3) is 0 Å². The number of amides is 1. The Morgan fingerprint density at radius 2 is 2.27 bits per heavy atom. The molecule has 0 spiro atoms. The van der Waals surface area contributed by atoms with Crippen LogP contribution in [0, 0.1) is 0 Å². The Morgan fingerprint density at radius 1 is 1.53 bits per heavy atom. The average molecular weight is 205 g/mol. The first-order valence-corrected chi connectivity index (χ1v) is 4.78. The maximum Gasteiger partial charge on any atom is 0.248 e. The Hall–Kier alpha value is -1.77. The van der Waals surface area contributed by atoms with Gasteiger partial charge in [-0.1, -0.05) is 12.1 Å². The molecule has 15 heavy (non-hydrogen) atoms. The predicted octanol–water partition coefficient (Wildman–Crippen LogP) is 2.13. The Kier molecular flexibility index (Phi) is 3.92. The molecule has 0 aliphatic heterocycles. The maximum atomic E-state index is 10.9. The summed E-state index contributed by atoms with van der Waals surface area (Å²) < 4.78 is 5.47. The van der Waals surface area contributed by atoms with Crippen LogP contribution >= 0.6 is 0 Å². The molecule has 0 atom stereocenters. The van der Waals surface area contributed by atoms with Gasteiger partial charge in [-0.15, -0.1) is 0 Å². The predicted molar refractivity (Wildman–Crippen MR) is 59.9 cm³/mol. The van der Waals surface area contributed by atoms with E-state index in [-0.39, 0.29) is 0 Å². The summed E-state index contributed by atoms with van der Waals surface area (Å²) in [6.45, 7) is 4.47. The van der Waals surface area contributed by atoms with Crippen molar-refractivity contribution in [3.05, 3.63) is 41.5 Å². The third-order valence-electron chi connectivity index (χ3n) is 2.08. The molecule has 0 saturated heterocycles. The molecule has 1 aromatic carbocycles. The second-order valence-corrected chi connectivity index (χ2v) is 3.32. The van der Waals surface area contributed by atoms with Crippen LogP contribution in [-0.2, 0) is 0 Å². The topological polar surface area (TPSA) is 52.3 Å². The molecule has 0 saturated carbocycles. The molecule has 1 rings (SSSR count). The fourth-order valence-electron chi connectivity index (χ4n) is 1.02. The third kappa shape index (κ3) is 3.46. The Labute approximate surface area is 89.5 Å². The van der Waals surface area contributed by atoms with Crippen LogP contribution in [0.4, 0.5) is 0 Å². The highest BCUT2D eigenvalue weighted by Gasteiger charge is 2.01. The monoisotopic (exact) mass is 205 g/mol. The van der Waals surface area contributed by atoms with E-state index in [1.54, 1.807) is 24.3 Å².